The first-order valence-electron chi connectivity index (χ1n) is 5.71. The number of benzene rings is 2. The molecule has 2 aromatic rings. The van der Waals surface area contributed by atoms with Gasteiger partial charge in [0.15, 0.2) is 5.96 Å². The van der Waals surface area contributed by atoms with Crippen molar-refractivity contribution in [2.24, 2.45) is 10.7 Å². The van der Waals surface area contributed by atoms with Crippen LogP contribution in [0.25, 0.3) is 0 Å². The third kappa shape index (κ3) is 5.09. The maximum atomic E-state index is 13.3. The molecule has 0 spiro atoms. The first-order chi connectivity index (χ1) is 9.15. The Morgan fingerprint density at radius 2 is 1.90 bits per heavy atom. The van der Waals surface area contributed by atoms with E-state index < -0.39 is 0 Å². The first kappa shape index (κ1) is 16.9. The molecule has 0 aliphatic carbocycles. The van der Waals surface area contributed by atoms with Crippen molar-refractivity contribution >= 4 is 51.6 Å². The number of anilines is 1. The lowest BCUT2D eigenvalue weighted by Crippen LogP contribution is -2.22. The van der Waals surface area contributed by atoms with E-state index in [1.807, 2.05) is 30.3 Å². The van der Waals surface area contributed by atoms with Gasteiger partial charge < -0.3 is 11.1 Å². The second-order valence-corrected chi connectivity index (χ2v) is 4.80. The van der Waals surface area contributed by atoms with E-state index >= 15 is 0 Å². The molecule has 0 fully saturated rings. The number of hydrogen-bond donors (Lipinski definition) is 2. The number of nitrogens with one attached hydrogen (secondary N) is 1. The van der Waals surface area contributed by atoms with Crippen LogP contribution >= 0.6 is 39.9 Å². The second-order valence-electron chi connectivity index (χ2n) is 3.94. The average molecular weight is 450 g/mol. The van der Waals surface area contributed by atoms with E-state index in [0.29, 0.717) is 17.0 Å². The zero-order valence-electron chi connectivity index (χ0n) is 10.5. The minimum Gasteiger partial charge on any atom is -0.370 e. The zero-order valence-corrected chi connectivity index (χ0v) is 14.4. The van der Waals surface area contributed by atoms with Gasteiger partial charge in [0.2, 0.25) is 0 Å². The summed E-state index contributed by atoms with van der Waals surface area (Å²) in [5, 5.41) is 2.96. The van der Waals surface area contributed by atoms with Crippen molar-refractivity contribution in [2.75, 3.05) is 5.32 Å². The molecule has 0 aliphatic rings. The first-order valence-corrected chi connectivity index (χ1v) is 6.50. The molecule has 3 N–H and O–H groups in total. The minimum atomic E-state index is -0.303. The third-order valence-corrected chi connectivity index (χ3v) is 3.11. The highest BCUT2D eigenvalue weighted by Gasteiger charge is 2.00. The normalized spacial score (nSPS) is 10.8. The van der Waals surface area contributed by atoms with Crippen LogP contribution in [0.3, 0.4) is 0 Å². The predicted molar refractivity (Wildman–Crippen MR) is 94.9 cm³/mol. The molecule has 0 saturated carbocycles. The summed E-state index contributed by atoms with van der Waals surface area (Å²) in [6.07, 6.45) is 0. The average Bonchev–Trinajstić information content (AvgIpc) is 2.41. The SMILES string of the molecule is I.NC(=NCc1ccc(Br)c(F)c1)Nc1ccccc1. The van der Waals surface area contributed by atoms with Crippen LogP contribution in [0.15, 0.2) is 58.0 Å². The molecule has 0 aliphatic heterocycles. The zero-order chi connectivity index (χ0) is 13.7. The van der Waals surface area contributed by atoms with Crippen molar-refractivity contribution in [1.29, 1.82) is 0 Å². The van der Waals surface area contributed by atoms with Gasteiger partial charge in [-0.1, -0.05) is 24.3 Å². The molecular weight excluding hydrogens is 436 g/mol. The van der Waals surface area contributed by atoms with Crippen molar-refractivity contribution in [3.05, 3.63) is 64.4 Å². The standard InChI is InChI=1S/C14H13BrFN3.HI/c15-12-7-6-10(8-13(12)16)9-18-14(17)19-11-4-2-1-3-5-11;/h1-8H,9H2,(H3,17,18,19);1H. The summed E-state index contributed by atoms with van der Waals surface area (Å²) in [6.45, 7) is 0.329. The lowest BCUT2D eigenvalue weighted by Gasteiger charge is -2.05. The van der Waals surface area contributed by atoms with Crippen molar-refractivity contribution in [3.8, 4) is 0 Å². The van der Waals surface area contributed by atoms with Gasteiger partial charge in [0, 0.05) is 5.69 Å². The van der Waals surface area contributed by atoms with E-state index in [0.717, 1.165) is 11.3 Å². The summed E-state index contributed by atoms with van der Waals surface area (Å²) in [6, 6.07) is 14.4. The molecule has 0 saturated heterocycles. The van der Waals surface area contributed by atoms with Gasteiger partial charge in [-0.05, 0) is 45.8 Å². The van der Waals surface area contributed by atoms with E-state index in [1.165, 1.54) is 6.07 Å². The lowest BCUT2D eigenvalue weighted by atomic mass is 10.2. The van der Waals surface area contributed by atoms with Gasteiger partial charge in [0.05, 0.1) is 11.0 Å². The molecule has 0 bridgehead atoms. The molecule has 106 valence electrons. The number of nitrogens with two attached hydrogens (primary N) is 1. The van der Waals surface area contributed by atoms with Gasteiger partial charge in [-0.15, -0.1) is 24.0 Å². The molecule has 3 nitrogen and oxygen atoms in total. The molecule has 2 aromatic carbocycles. The van der Waals surface area contributed by atoms with E-state index in [4.69, 9.17) is 5.73 Å². The minimum absolute atomic E-state index is 0. The fraction of sp³-hybridized carbons (Fsp3) is 0.0714. The van der Waals surface area contributed by atoms with Crippen LogP contribution in [-0.4, -0.2) is 5.96 Å². The number of halogens is 3. The Morgan fingerprint density at radius 3 is 2.55 bits per heavy atom. The van der Waals surface area contributed by atoms with E-state index in [9.17, 15) is 4.39 Å². The highest BCUT2D eigenvalue weighted by molar-refractivity contribution is 14.0. The highest BCUT2D eigenvalue weighted by atomic mass is 127. The van der Waals surface area contributed by atoms with Crippen LogP contribution < -0.4 is 11.1 Å². The third-order valence-electron chi connectivity index (χ3n) is 2.46. The van der Waals surface area contributed by atoms with Crippen molar-refractivity contribution in [3.63, 3.8) is 0 Å². The van der Waals surface area contributed by atoms with Crippen LogP contribution in [0.2, 0.25) is 0 Å². The highest BCUT2D eigenvalue weighted by Crippen LogP contribution is 2.16. The van der Waals surface area contributed by atoms with Crippen LogP contribution in [0.4, 0.5) is 10.1 Å². The lowest BCUT2D eigenvalue weighted by molar-refractivity contribution is 0.619. The van der Waals surface area contributed by atoms with E-state index in [2.05, 4.69) is 26.2 Å². The number of hydrogen-bond acceptors (Lipinski definition) is 1. The molecule has 6 heteroatoms. The van der Waals surface area contributed by atoms with Gasteiger partial charge in [-0.2, -0.15) is 0 Å². The molecular formula is C14H14BrFIN3. The molecule has 0 atom stereocenters. The molecule has 0 heterocycles. The van der Waals surface area contributed by atoms with Crippen molar-refractivity contribution in [1.82, 2.24) is 0 Å². The number of para-hydroxylation sites is 1. The van der Waals surface area contributed by atoms with Gasteiger partial charge in [-0.3, -0.25) is 0 Å². The van der Waals surface area contributed by atoms with Crippen molar-refractivity contribution in [2.45, 2.75) is 6.54 Å². The second kappa shape index (κ2) is 8.21. The predicted octanol–water partition coefficient (Wildman–Crippen LogP) is 4.13. The van der Waals surface area contributed by atoms with Crippen LogP contribution in [-0.2, 0) is 6.54 Å². The van der Waals surface area contributed by atoms with Crippen LogP contribution in [0.5, 0.6) is 0 Å². The summed E-state index contributed by atoms with van der Waals surface area (Å²) in [5.74, 6) is -0.00295. The van der Waals surface area contributed by atoms with Gasteiger partial charge in [0.1, 0.15) is 5.82 Å². The topological polar surface area (TPSA) is 50.4 Å². The molecule has 0 radical (unpaired) electrons. The fourth-order valence-corrected chi connectivity index (χ4v) is 1.77. The maximum absolute atomic E-state index is 13.3. The Hall–Kier alpha value is -1.15. The molecule has 20 heavy (non-hydrogen) atoms. The monoisotopic (exact) mass is 449 g/mol. The molecule has 0 amide bonds. The van der Waals surface area contributed by atoms with Gasteiger partial charge >= 0.3 is 0 Å². The Kier molecular flexibility index (Phi) is 6.94. The van der Waals surface area contributed by atoms with Crippen LogP contribution in [0, 0.1) is 5.82 Å². The fourth-order valence-electron chi connectivity index (χ4n) is 1.52. The van der Waals surface area contributed by atoms with Crippen molar-refractivity contribution < 1.29 is 4.39 Å². The number of rotatable bonds is 3. The number of nitrogens with zero attached hydrogens (tertiary/aromatic N) is 1. The summed E-state index contributed by atoms with van der Waals surface area (Å²) < 4.78 is 13.7. The van der Waals surface area contributed by atoms with Crippen LogP contribution in [0.1, 0.15) is 5.56 Å². The number of aliphatic imine (C=N–C) groups is 1. The smallest absolute Gasteiger partial charge is 0.193 e. The molecule has 0 unspecified atom stereocenters. The maximum Gasteiger partial charge on any atom is 0.193 e. The Balaban J connectivity index is 0.00000200. The summed E-state index contributed by atoms with van der Waals surface area (Å²) in [5.41, 5.74) is 7.39. The van der Waals surface area contributed by atoms with Gasteiger partial charge in [-0.25, -0.2) is 9.38 Å². The van der Waals surface area contributed by atoms with Gasteiger partial charge in [0.25, 0.3) is 0 Å². The number of guanidine groups is 1. The summed E-state index contributed by atoms with van der Waals surface area (Å²) >= 11 is 3.11. The molecule has 0 aromatic heterocycles. The summed E-state index contributed by atoms with van der Waals surface area (Å²) in [4.78, 5) is 4.16. The Morgan fingerprint density at radius 1 is 1.20 bits per heavy atom. The summed E-state index contributed by atoms with van der Waals surface area (Å²) in [7, 11) is 0. The van der Waals surface area contributed by atoms with E-state index in [-0.39, 0.29) is 29.8 Å². The quantitative estimate of drug-likeness (QED) is 0.420. The molecule has 2 rings (SSSR count). The Labute approximate surface area is 142 Å². The largest absolute Gasteiger partial charge is 0.370 e. The van der Waals surface area contributed by atoms with E-state index in [1.54, 1.807) is 12.1 Å². The Bertz CT molecular complexity index is 590.